The van der Waals surface area contributed by atoms with Crippen LogP contribution in [0.1, 0.15) is 19.8 Å². The Morgan fingerprint density at radius 3 is 3.00 bits per heavy atom. The van der Waals surface area contributed by atoms with E-state index < -0.39 is 5.38 Å². The monoisotopic (exact) mass is 229 g/mol. The molecule has 84 valence electrons. The van der Waals surface area contributed by atoms with Crippen LogP contribution in [-0.2, 0) is 11.3 Å². The molecule has 0 fully saturated rings. The molecule has 1 heterocycles. The molecule has 1 aromatic rings. The number of carbonyl (C=O) groups is 1. The van der Waals surface area contributed by atoms with Crippen LogP contribution < -0.4 is 5.32 Å². The van der Waals surface area contributed by atoms with Gasteiger partial charge in [-0.15, -0.1) is 11.6 Å². The van der Waals surface area contributed by atoms with Crippen molar-refractivity contribution in [2.75, 3.05) is 6.54 Å². The van der Waals surface area contributed by atoms with Crippen LogP contribution in [-0.4, -0.2) is 27.4 Å². The summed E-state index contributed by atoms with van der Waals surface area (Å²) >= 11 is 5.60. The fourth-order valence-corrected chi connectivity index (χ4v) is 1.27. The van der Waals surface area contributed by atoms with Gasteiger partial charge in [-0.2, -0.15) is 0 Å². The molecule has 15 heavy (non-hydrogen) atoms. The topological polar surface area (TPSA) is 46.9 Å². The molecule has 0 aliphatic heterocycles. The van der Waals surface area contributed by atoms with Crippen LogP contribution in [0.15, 0.2) is 18.7 Å². The summed E-state index contributed by atoms with van der Waals surface area (Å²) in [4.78, 5) is 15.0. The highest BCUT2D eigenvalue weighted by Gasteiger charge is 2.06. The minimum atomic E-state index is -0.446. The summed E-state index contributed by atoms with van der Waals surface area (Å²) in [5.41, 5.74) is 0. The molecule has 1 atom stereocenters. The summed E-state index contributed by atoms with van der Waals surface area (Å²) in [5.74, 6) is -0.0979. The van der Waals surface area contributed by atoms with Crippen molar-refractivity contribution in [3.05, 3.63) is 18.7 Å². The Morgan fingerprint density at radius 2 is 2.40 bits per heavy atom. The first kappa shape index (κ1) is 12.0. The molecule has 1 unspecified atom stereocenters. The minimum Gasteiger partial charge on any atom is -0.355 e. The van der Waals surface area contributed by atoms with Gasteiger partial charge in [-0.3, -0.25) is 4.79 Å². The van der Waals surface area contributed by atoms with Gasteiger partial charge in [0.05, 0.1) is 6.33 Å². The molecule has 1 N–H and O–H groups in total. The van der Waals surface area contributed by atoms with Crippen molar-refractivity contribution < 1.29 is 4.79 Å². The molecule has 5 heteroatoms. The van der Waals surface area contributed by atoms with E-state index in [9.17, 15) is 4.79 Å². The Hall–Kier alpha value is -1.03. The van der Waals surface area contributed by atoms with Gasteiger partial charge < -0.3 is 9.88 Å². The van der Waals surface area contributed by atoms with Crippen LogP contribution in [0.25, 0.3) is 0 Å². The summed E-state index contributed by atoms with van der Waals surface area (Å²) in [6.45, 7) is 3.29. The number of aryl methyl sites for hydroxylation is 1. The predicted molar refractivity (Wildman–Crippen MR) is 59.8 cm³/mol. The normalized spacial score (nSPS) is 12.4. The third kappa shape index (κ3) is 4.83. The smallest absolute Gasteiger partial charge is 0.237 e. The largest absolute Gasteiger partial charge is 0.355 e. The van der Waals surface area contributed by atoms with Gasteiger partial charge in [0.15, 0.2) is 0 Å². The van der Waals surface area contributed by atoms with Crippen molar-refractivity contribution in [2.45, 2.75) is 31.7 Å². The van der Waals surface area contributed by atoms with E-state index in [-0.39, 0.29) is 5.91 Å². The number of hydrogen-bond donors (Lipinski definition) is 1. The standard InChI is InChI=1S/C10H16ClN3O/c1-9(11)10(15)13-4-2-3-6-14-7-5-12-8-14/h5,7-9H,2-4,6H2,1H3,(H,13,15). The van der Waals surface area contributed by atoms with Crippen molar-refractivity contribution >= 4 is 17.5 Å². The molecule has 0 spiro atoms. The molecule has 0 saturated carbocycles. The number of aromatic nitrogens is 2. The number of unbranched alkanes of at least 4 members (excludes halogenated alkanes) is 1. The number of nitrogens with zero attached hydrogens (tertiary/aromatic N) is 2. The molecule has 0 aromatic carbocycles. The fraction of sp³-hybridized carbons (Fsp3) is 0.600. The Kier molecular flexibility index (Phi) is 5.18. The van der Waals surface area contributed by atoms with Gasteiger partial charge in [0, 0.05) is 25.5 Å². The van der Waals surface area contributed by atoms with Gasteiger partial charge in [-0.05, 0) is 19.8 Å². The van der Waals surface area contributed by atoms with Crippen molar-refractivity contribution in [3.8, 4) is 0 Å². The molecule has 1 amide bonds. The summed E-state index contributed by atoms with van der Waals surface area (Å²) in [5, 5.41) is 2.32. The highest BCUT2D eigenvalue weighted by atomic mass is 35.5. The molecule has 1 aromatic heterocycles. The lowest BCUT2D eigenvalue weighted by Crippen LogP contribution is -2.30. The quantitative estimate of drug-likeness (QED) is 0.592. The second kappa shape index (κ2) is 6.45. The number of hydrogen-bond acceptors (Lipinski definition) is 2. The van der Waals surface area contributed by atoms with Gasteiger partial charge in [0.25, 0.3) is 0 Å². The SMILES string of the molecule is CC(Cl)C(=O)NCCCCn1ccnc1. The lowest BCUT2D eigenvalue weighted by atomic mass is 10.3. The Labute approximate surface area is 94.6 Å². The van der Waals surface area contributed by atoms with E-state index in [1.54, 1.807) is 19.4 Å². The average molecular weight is 230 g/mol. The van der Waals surface area contributed by atoms with E-state index in [0.717, 1.165) is 19.4 Å². The van der Waals surface area contributed by atoms with Gasteiger partial charge >= 0.3 is 0 Å². The van der Waals surface area contributed by atoms with Crippen molar-refractivity contribution in [1.82, 2.24) is 14.9 Å². The number of rotatable bonds is 6. The summed E-state index contributed by atoms with van der Waals surface area (Å²) in [6.07, 6.45) is 7.45. The van der Waals surface area contributed by atoms with E-state index in [4.69, 9.17) is 11.6 Å². The van der Waals surface area contributed by atoms with E-state index in [1.807, 2.05) is 10.8 Å². The number of amides is 1. The van der Waals surface area contributed by atoms with Crippen LogP contribution >= 0.6 is 11.6 Å². The zero-order chi connectivity index (χ0) is 11.1. The van der Waals surface area contributed by atoms with Gasteiger partial charge in [0.2, 0.25) is 5.91 Å². The number of imidazole rings is 1. The maximum absolute atomic E-state index is 11.1. The maximum atomic E-state index is 11.1. The Morgan fingerprint density at radius 1 is 1.60 bits per heavy atom. The predicted octanol–water partition coefficient (Wildman–Crippen LogP) is 1.41. The lowest BCUT2D eigenvalue weighted by molar-refractivity contribution is -0.120. The Balaban J connectivity index is 2.00. The summed E-state index contributed by atoms with van der Waals surface area (Å²) < 4.78 is 2.02. The summed E-state index contributed by atoms with van der Waals surface area (Å²) in [6, 6.07) is 0. The third-order valence-electron chi connectivity index (χ3n) is 2.06. The van der Waals surface area contributed by atoms with Crippen molar-refractivity contribution in [2.24, 2.45) is 0 Å². The second-order valence-corrected chi connectivity index (χ2v) is 4.07. The van der Waals surface area contributed by atoms with Crippen molar-refractivity contribution in [1.29, 1.82) is 0 Å². The van der Waals surface area contributed by atoms with Crippen molar-refractivity contribution in [3.63, 3.8) is 0 Å². The first-order valence-electron chi connectivity index (χ1n) is 5.07. The number of nitrogens with one attached hydrogen (secondary N) is 1. The molecule has 4 nitrogen and oxygen atoms in total. The highest BCUT2D eigenvalue weighted by Crippen LogP contribution is 1.96. The molecule has 0 bridgehead atoms. The lowest BCUT2D eigenvalue weighted by Gasteiger charge is -2.06. The van der Waals surface area contributed by atoms with E-state index >= 15 is 0 Å². The van der Waals surface area contributed by atoms with Gasteiger partial charge in [-0.25, -0.2) is 4.98 Å². The number of alkyl halides is 1. The molecular formula is C10H16ClN3O. The van der Waals surface area contributed by atoms with Gasteiger partial charge in [0.1, 0.15) is 5.38 Å². The zero-order valence-electron chi connectivity index (χ0n) is 8.82. The molecule has 0 saturated heterocycles. The van der Waals surface area contributed by atoms with Crippen LogP contribution in [0.5, 0.6) is 0 Å². The van der Waals surface area contributed by atoms with E-state index in [0.29, 0.717) is 6.54 Å². The first-order valence-corrected chi connectivity index (χ1v) is 5.51. The number of carbonyl (C=O) groups excluding carboxylic acids is 1. The number of halogens is 1. The van der Waals surface area contributed by atoms with Crippen LogP contribution in [0.2, 0.25) is 0 Å². The zero-order valence-corrected chi connectivity index (χ0v) is 9.57. The third-order valence-corrected chi connectivity index (χ3v) is 2.26. The molecular weight excluding hydrogens is 214 g/mol. The first-order chi connectivity index (χ1) is 7.20. The minimum absolute atomic E-state index is 0.0979. The molecule has 0 aliphatic rings. The molecule has 1 rings (SSSR count). The average Bonchev–Trinajstić information content (AvgIpc) is 2.69. The van der Waals surface area contributed by atoms with E-state index in [2.05, 4.69) is 10.3 Å². The summed E-state index contributed by atoms with van der Waals surface area (Å²) in [7, 11) is 0. The van der Waals surface area contributed by atoms with Gasteiger partial charge in [-0.1, -0.05) is 0 Å². The maximum Gasteiger partial charge on any atom is 0.237 e. The Bertz CT molecular complexity index is 285. The molecule has 0 aliphatic carbocycles. The fourth-order valence-electron chi connectivity index (χ4n) is 1.19. The van der Waals surface area contributed by atoms with E-state index in [1.165, 1.54) is 0 Å². The second-order valence-electron chi connectivity index (χ2n) is 3.41. The molecule has 0 radical (unpaired) electrons. The van der Waals surface area contributed by atoms with Crippen LogP contribution in [0.4, 0.5) is 0 Å². The van der Waals surface area contributed by atoms with Crippen LogP contribution in [0, 0.1) is 0 Å². The van der Waals surface area contributed by atoms with Crippen LogP contribution in [0.3, 0.4) is 0 Å². The highest BCUT2D eigenvalue weighted by molar-refractivity contribution is 6.30.